The van der Waals surface area contributed by atoms with Gasteiger partial charge in [-0.15, -0.1) is 0 Å². The van der Waals surface area contributed by atoms with E-state index in [1.807, 2.05) is 0 Å². The Hall–Kier alpha value is -1.91. The Balaban J connectivity index is 2.12. The van der Waals surface area contributed by atoms with Crippen LogP contribution in [0, 0.1) is 6.92 Å². The molecule has 0 atom stereocenters. The molecule has 1 aliphatic heterocycles. The van der Waals surface area contributed by atoms with E-state index in [1.165, 1.54) is 12.2 Å². The van der Waals surface area contributed by atoms with Gasteiger partial charge in [-0.05, 0) is 6.92 Å². The van der Waals surface area contributed by atoms with E-state index < -0.39 is 0 Å². The number of amides is 2. The average molecular weight is 192 g/mol. The van der Waals surface area contributed by atoms with Gasteiger partial charge in [0.2, 0.25) is 0 Å². The van der Waals surface area contributed by atoms with E-state index in [4.69, 9.17) is 4.52 Å². The molecule has 0 spiro atoms. The molecule has 1 aromatic heterocycles. The maximum atomic E-state index is 11.2. The topological polar surface area (TPSA) is 63.4 Å². The molecule has 0 saturated heterocycles. The van der Waals surface area contributed by atoms with Gasteiger partial charge in [-0.1, -0.05) is 5.16 Å². The van der Waals surface area contributed by atoms with Gasteiger partial charge in [-0.25, -0.2) is 0 Å². The molecule has 0 fully saturated rings. The van der Waals surface area contributed by atoms with Crippen LogP contribution in [0.15, 0.2) is 22.7 Å². The normalized spacial score (nSPS) is 15.6. The van der Waals surface area contributed by atoms with Gasteiger partial charge in [0.15, 0.2) is 0 Å². The Morgan fingerprint density at radius 3 is 2.50 bits per heavy atom. The molecule has 0 saturated carbocycles. The summed E-state index contributed by atoms with van der Waals surface area (Å²) < 4.78 is 4.83. The van der Waals surface area contributed by atoms with Crippen molar-refractivity contribution in [3.63, 3.8) is 0 Å². The Kier molecular flexibility index (Phi) is 1.92. The highest BCUT2D eigenvalue weighted by Crippen LogP contribution is 2.10. The first-order chi connectivity index (χ1) is 6.66. The lowest BCUT2D eigenvalue weighted by atomic mass is 10.3. The Labute approximate surface area is 80.0 Å². The zero-order valence-electron chi connectivity index (χ0n) is 7.56. The van der Waals surface area contributed by atoms with Gasteiger partial charge < -0.3 is 4.52 Å². The van der Waals surface area contributed by atoms with Gasteiger partial charge in [0, 0.05) is 18.2 Å². The van der Waals surface area contributed by atoms with Crippen LogP contribution < -0.4 is 0 Å². The molecule has 1 aliphatic rings. The number of imide groups is 1. The van der Waals surface area contributed by atoms with Crippen molar-refractivity contribution in [3.8, 4) is 0 Å². The maximum absolute atomic E-state index is 11.2. The number of hydrogen-bond donors (Lipinski definition) is 0. The van der Waals surface area contributed by atoms with E-state index >= 15 is 0 Å². The van der Waals surface area contributed by atoms with Gasteiger partial charge in [-0.2, -0.15) is 0 Å². The molecular formula is C9H8N2O3. The number of hydrogen-bond acceptors (Lipinski definition) is 4. The minimum Gasteiger partial charge on any atom is -0.361 e. The lowest BCUT2D eigenvalue weighted by Gasteiger charge is -2.10. The van der Waals surface area contributed by atoms with Crippen molar-refractivity contribution in [2.24, 2.45) is 0 Å². The minimum atomic E-state index is -0.310. The van der Waals surface area contributed by atoms with Crippen LogP contribution in [-0.4, -0.2) is 21.9 Å². The third-order valence-corrected chi connectivity index (χ3v) is 1.90. The van der Waals surface area contributed by atoms with Crippen LogP contribution in [0.4, 0.5) is 0 Å². The fourth-order valence-electron chi connectivity index (χ4n) is 1.24. The van der Waals surface area contributed by atoms with Gasteiger partial charge in [0.05, 0.1) is 6.54 Å². The average Bonchev–Trinajstić information content (AvgIpc) is 2.67. The zero-order chi connectivity index (χ0) is 10.1. The van der Waals surface area contributed by atoms with Crippen molar-refractivity contribution < 1.29 is 14.1 Å². The van der Waals surface area contributed by atoms with Gasteiger partial charge >= 0.3 is 0 Å². The van der Waals surface area contributed by atoms with E-state index in [0.717, 1.165) is 4.90 Å². The molecule has 1 aromatic rings. The third kappa shape index (κ3) is 1.44. The highest BCUT2D eigenvalue weighted by molar-refractivity contribution is 6.12. The quantitative estimate of drug-likeness (QED) is 0.636. The van der Waals surface area contributed by atoms with Crippen molar-refractivity contribution in [2.75, 3.05) is 0 Å². The number of aromatic nitrogens is 1. The van der Waals surface area contributed by atoms with E-state index in [9.17, 15) is 9.59 Å². The minimum absolute atomic E-state index is 0.169. The Bertz CT molecular complexity index is 401. The van der Waals surface area contributed by atoms with Crippen LogP contribution in [0.25, 0.3) is 0 Å². The second-order valence-electron chi connectivity index (χ2n) is 3.02. The molecule has 2 rings (SSSR count). The summed E-state index contributed by atoms with van der Waals surface area (Å²) >= 11 is 0. The number of aryl methyl sites for hydroxylation is 1. The van der Waals surface area contributed by atoms with E-state index in [0.29, 0.717) is 11.5 Å². The first-order valence-corrected chi connectivity index (χ1v) is 4.12. The molecule has 0 aromatic carbocycles. The number of nitrogens with zero attached hydrogens (tertiary/aromatic N) is 2. The molecular weight excluding hydrogens is 184 g/mol. The molecule has 5 heteroatoms. The largest absolute Gasteiger partial charge is 0.361 e. The molecule has 0 bridgehead atoms. The van der Waals surface area contributed by atoms with Gasteiger partial charge in [0.1, 0.15) is 11.5 Å². The van der Waals surface area contributed by atoms with Crippen molar-refractivity contribution in [3.05, 3.63) is 29.7 Å². The predicted octanol–water partition coefficient (Wildman–Crippen LogP) is 0.408. The number of carbonyl (C=O) groups excluding carboxylic acids is 2. The highest BCUT2D eigenvalue weighted by atomic mass is 16.5. The van der Waals surface area contributed by atoms with Gasteiger partial charge in [0.25, 0.3) is 11.8 Å². The fourth-order valence-corrected chi connectivity index (χ4v) is 1.24. The monoisotopic (exact) mass is 192 g/mol. The molecule has 2 amide bonds. The van der Waals surface area contributed by atoms with Crippen LogP contribution in [-0.2, 0) is 16.1 Å². The molecule has 0 radical (unpaired) electrons. The van der Waals surface area contributed by atoms with E-state index in [-0.39, 0.29) is 18.4 Å². The smallest absolute Gasteiger partial charge is 0.253 e. The van der Waals surface area contributed by atoms with E-state index in [1.54, 1.807) is 13.0 Å². The summed E-state index contributed by atoms with van der Waals surface area (Å²) in [5, 5.41) is 3.70. The zero-order valence-corrected chi connectivity index (χ0v) is 7.56. The van der Waals surface area contributed by atoms with Crippen molar-refractivity contribution in [2.45, 2.75) is 13.5 Å². The highest BCUT2D eigenvalue weighted by Gasteiger charge is 2.24. The first-order valence-electron chi connectivity index (χ1n) is 4.12. The first kappa shape index (κ1) is 8.68. The standard InChI is InChI=1S/C9H8N2O3/c1-6-4-7(10-14-6)5-11-8(12)2-3-9(11)13/h2-4H,5H2,1H3. The summed E-state index contributed by atoms with van der Waals surface area (Å²) in [7, 11) is 0. The van der Waals surface area contributed by atoms with Crippen LogP contribution in [0.2, 0.25) is 0 Å². The van der Waals surface area contributed by atoms with Crippen LogP contribution in [0.3, 0.4) is 0 Å². The summed E-state index contributed by atoms with van der Waals surface area (Å²) in [5.74, 6) is 0.0401. The third-order valence-electron chi connectivity index (χ3n) is 1.90. The summed E-state index contributed by atoms with van der Waals surface area (Å²) in [6, 6.07) is 1.69. The van der Waals surface area contributed by atoms with Crippen molar-refractivity contribution in [1.29, 1.82) is 0 Å². The molecule has 0 aliphatic carbocycles. The van der Waals surface area contributed by atoms with E-state index in [2.05, 4.69) is 5.16 Å². The molecule has 2 heterocycles. The second kappa shape index (κ2) is 3.10. The van der Waals surface area contributed by atoms with Crippen molar-refractivity contribution >= 4 is 11.8 Å². The Morgan fingerprint density at radius 2 is 2.00 bits per heavy atom. The summed E-state index contributed by atoms with van der Waals surface area (Å²) in [4.78, 5) is 23.4. The lowest BCUT2D eigenvalue weighted by Crippen LogP contribution is -2.29. The molecule has 0 unspecified atom stereocenters. The summed E-state index contributed by atoms with van der Waals surface area (Å²) in [5.41, 5.74) is 0.577. The summed E-state index contributed by atoms with van der Waals surface area (Å²) in [6.07, 6.45) is 2.49. The molecule has 5 nitrogen and oxygen atoms in total. The maximum Gasteiger partial charge on any atom is 0.253 e. The van der Waals surface area contributed by atoms with Gasteiger partial charge in [-0.3, -0.25) is 14.5 Å². The second-order valence-corrected chi connectivity index (χ2v) is 3.02. The number of carbonyl (C=O) groups is 2. The molecule has 0 N–H and O–H groups in total. The van der Waals surface area contributed by atoms with Crippen LogP contribution >= 0.6 is 0 Å². The SMILES string of the molecule is Cc1cc(CN2C(=O)C=CC2=O)no1. The van der Waals surface area contributed by atoms with Crippen molar-refractivity contribution in [1.82, 2.24) is 10.1 Å². The fraction of sp³-hybridized carbons (Fsp3) is 0.222. The summed E-state index contributed by atoms with van der Waals surface area (Å²) in [6.45, 7) is 1.92. The molecule has 72 valence electrons. The van der Waals surface area contributed by atoms with Crippen LogP contribution in [0.5, 0.6) is 0 Å². The molecule has 14 heavy (non-hydrogen) atoms. The number of rotatable bonds is 2. The Morgan fingerprint density at radius 1 is 1.36 bits per heavy atom. The lowest BCUT2D eigenvalue weighted by molar-refractivity contribution is -0.137. The predicted molar refractivity (Wildman–Crippen MR) is 45.9 cm³/mol. The van der Waals surface area contributed by atoms with Crippen LogP contribution in [0.1, 0.15) is 11.5 Å².